The highest BCUT2D eigenvalue weighted by Crippen LogP contribution is 2.24. The van der Waals surface area contributed by atoms with E-state index in [-0.39, 0.29) is 5.91 Å². The molecule has 1 aromatic heterocycles. The molecule has 0 radical (unpaired) electrons. The Morgan fingerprint density at radius 1 is 1.33 bits per heavy atom. The molecule has 0 aliphatic carbocycles. The van der Waals surface area contributed by atoms with Crippen LogP contribution >= 0.6 is 0 Å². The predicted octanol–water partition coefficient (Wildman–Crippen LogP) is 0.617. The third-order valence-electron chi connectivity index (χ3n) is 4.25. The fourth-order valence-corrected chi connectivity index (χ4v) is 3.08. The standard InChI is InChI=1S/C17H23N5O2/c1-20(2)11-14-3-5-15(6-4-14)16(23)21-9-7-17(24,12-21)13-22-10-8-18-19-22/h3-6,8,10,24H,7,9,11-13H2,1-2H3. The molecule has 7 nitrogen and oxygen atoms in total. The minimum atomic E-state index is -0.950. The van der Waals surface area contributed by atoms with Crippen molar-refractivity contribution in [1.82, 2.24) is 24.8 Å². The van der Waals surface area contributed by atoms with Crippen LogP contribution in [-0.4, -0.2) is 68.6 Å². The number of nitrogens with zero attached hydrogens (tertiary/aromatic N) is 5. The van der Waals surface area contributed by atoms with Crippen LogP contribution in [-0.2, 0) is 13.1 Å². The second kappa shape index (κ2) is 6.70. The largest absolute Gasteiger partial charge is 0.386 e. The van der Waals surface area contributed by atoms with Gasteiger partial charge in [-0.1, -0.05) is 17.3 Å². The number of likely N-dealkylation sites (tertiary alicyclic amines) is 1. The van der Waals surface area contributed by atoms with Gasteiger partial charge in [-0.25, -0.2) is 4.68 Å². The van der Waals surface area contributed by atoms with Gasteiger partial charge in [0.1, 0.15) is 5.60 Å². The van der Waals surface area contributed by atoms with Crippen molar-refractivity contribution in [2.75, 3.05) is 27.2 Å². The molecule has 128 valence electrons. The average Bonchev–Trinajstić information content (AvgIpc) is 3.17. The van der Waals surface area contributed by atoms with E-state index in [0.29, 0.717) is 31.6 Å². The number of hydrogen-bond donors (Lipinski definition) is 1. The van der Waals surface area contributed by atoms with E-state index < -0.39 is 5.60 Å². The molecule has 2 aromatic rings. The summed E-state index contributed by atoms with van der Waals surface area (Å²) in [6.07, 6.45) is 3.83. The smallest absolute Gasteiger partial charge is 0.253 e. The van der Waals surface area contributed by atoms with Crippen LogP contribution in [0.1, 0.15) is 22.3 Å². The second-order valence-corrected chi connectivity index (χ2v) is 6.74. The van der Waals surface area contributed by atoms with Crippen molar-refractivity contribution in [2.45, 2.75) is 25.1 Å². The molecule has 0 spiro atoms. The molecule has 1 aliphatic heterocycles. The summed E-state index contributed by atoms with van der Waals surface area (Å²) in [5.74, 6) is -0.0408. The molecule has 1 aromatic carbocycles. The van der Waals surface area contributed by atoms with E-state index in [1.165, 1.54) is 5.56 Å². The average molecular weight is 329 g/mol. The Balaban J connectivity index is 1.63. The van der Waals surface area contributed by atoms with Gasteiger partial charge in [-0.3, -0.25) is 4.79 Å². The summed E-state index contributed by atoms with van der Waals surface area (Å²) < 4.78 is 1.60. The van der Waals surface area contributed by atoms with Gasteiger partial charge in [-0.2, -0.15) is 0 Å². The molecule has 0 saturated carbocycles. The molecule has 1 unspecified atom stereocenters. The van der Waals surface area contributed by atoms with Gasteiger partial charge in [0, 0.05) is 24.8 Å². The first-order valence-electron chi connectivity index (χ1n) is 8.05. The van der Waals surface area contributed by atoms with E-state index in [1.54, 1.807) is 22.0 Å². The van der Waals surface area contributed by atoms with Crippen LogP contribution < -0.4 is 0 Å². The molecule has 1 fully saturated rings. The van der Waals surface area contributed by atoms with Gasteiger partial charge in [0.15, 0.2) is 0 Å². The molecule has 1 atom stereocenters. The van der Waals surface area contributed by atoms with Crippen LogP contribution in [0.3, 0.4) is 0 Å². The lowest BCUT2D eigenvalue weighted by Crippen LogP contribution is -2.39. The Hall–Kier alpha value is -2.25. The van der Waals surface area contributed by atoms with Gasteiger partial charge in [-0.05, 0) is 38.2 Å². The van der Waals surface area contributed by atoms with E-state index >= 15 is 0 Å². The number of aliphatic hydroxyl groups is 1. The van der Waals surface area contributed by atoms with Crippen LogP contribution in [0.15, 0.2) is 36.7 Å². The Morgan fingerprint density at radius 2 is 2.08 bits per heavy atom. The lowest BCUT2D eigenvalue weighted by molar-refractivity contribution is 0.0267. The van der Waals surface area contributed by atoms with Gasteiger partial charge in [-0.15, -0.1) is 5.10 Å². The van der Waals surface area contributed by atoms with E-state index in [0.717, 1.165) is 6.54 Å². The third-order valence-corrected chi connectivity index (χ3v) is 4.25. The molecular formula is C17H23N5O2. The van der Waals surface area contributed by atoms with Gasteiger partial charge < -0.3 is 14.9 Å². The SMILES string of the molecule is CN(C)Cc1ccc(C(=O)N2CCC(O)(Cn3ccnn3)C2)cc1. The Kier molecular flexibility index (Phi) is 4.64. The Labute approximate surface area is 141 Å². The predicted molar refractivity (Wildman–Crippen MR) is 89.3 cm³/mol. The van der Waals surface area contributed by atoms with Crippen molar-refractivity contribution in [1.29, 1.82) is 0 Å². The molecular weight excluding hydrogens is 306 g/mol. The normalized spacial score (nSPS) is 20.8. The summed E-state index contributed by atoms with van der Waals surface area (Å²) in [4.78, 5) is 16.4. The number of aromatic nitrogens is 3. The van der Waals surface area contributed by atoms with Crippen molar-refractivity contribution >= 4 is 5.91 Å². The number of hydrogen-bond acceptors (Lipinski definition) is 5. The Morgan fingerprint density at radius 3 is 2.71 bits per heavy atom. The van der Waals surface area contributed by atoms with Gasteiger partial charge in [0.05, 0.1) is 19.3 Å². The number of benzene rings is 1. The monoisotopic (exact) mass is 329 g/mol. The fourth-order valence-electron chi connectivity index (χ4n) is 3.08. The van der Waals surface area contributed by atoms with Crippen molar-refractivity contribution in [2.24, 2.45) is 0 Å². The molecule has 24 heavy (non-hydrogen) atoms. The van der Waals surface area contributed by atoms with E-state index in [2.05, 4.69) is 15.2 Å². The molecule has 1 saturated heterocycles. The van der Waals surface area contributed by atoms with Crippen molar-refractivity contribution in [3.05, 3.63) is 47.8 Å². The summed E-state index contributed by atoms with van der Waals surface area (Å²) in [6.45, 7) is 2.04. The van der Waals surface area contributed by atoms with E-state index in [1.807, 2.05) is 38.4 Å². The van der Waals surface area contributed by atoms with Crippen molar-refractivity contribution in [3.63, 3.8) is 0 Å². The number of amides is 1. The molecule has 1 N–H and O–H groups in total. The summed E-state index contributed by atoms with van der Waals surface area (Å²) in [7, 11) is 4.03. The Bertz CT molecular complexity index is 684. The number of carbonyl (C=O) groups excluding carboxylic acids is 1. The first-order chi connectivity index (χ1) is 11.5. The third kappa shape index (κ3) is 3.80. The zero-order valence-corrected chi connectivity index (χ0v) is 14.1. The molecule has 2 heterocycles. The minimum Gasteiger partial charge on any atom is -0.386 e. The topological polar surface area (TPSA) is 74.5 Å². The van der Waals surface area contributed by atoms with Crippen molar-refractivity contribution in [3.8, 4) is 0 Å². The lowest BCUT2D eigenvalue weighted by atomic mass is 10.0. The fraction of sp³-hybridized carbons (Fsp3) is 0.471. The lowest BCUT2D eigenvalue weighted by Gasteiger charge is -2.23. The van der Waals surface area contributed by atoms with Crippen LogP contribution in [0.25, 0.3) is 0 Å². The van der Waals surface area contributed by atoms with E-state index in [9.17, 15) is 9.90 Å². The summed E-state index contributed by atoms with van der Waals surface area (Å²) >= 11 is 0. The first-order valence-corrected chi connectivity index (χ1v) is 8.05. The van der Waals surface area contributed by atoms with E-state index in [4.69, 9.17) is 0 Å². The molecule has 0 bridgehead atoms. The van der Waals surface area contributed by atoms with Gasteiger partial charge in [0.2, 0.25) is 0 Å². The molecule has 1 aliphatic rings. The van der Waals surface area contributed by atoms with Crippen LogP contribution in [0.5, 0.6) is 0 Å². The maximum absolute atomic E-state index is 12.6. The maximum atomic E-state index is 12.6. The number of rotatable bonds is 5. The molecule has 1 amide bonds. The van der Waals surface area contributed by atoms with Gasteiger partial charge >= 0.3 is 0 Å². The molecule has 7 heteroatoms. The quantitative estimate of drug-likeness (QED) is 0.870. The summed E-state index contributed by atoms with van der Waals surface area (Å²) in [5.41, 5.74) is 0.872. The zero-order chi connectivity index (χ0) is 17.2. The highest BCUT2D eigenvalue weighted by Gasteiger charge is 2.39. The van der Waals surface area contributed by atoms with Crippen LogP contribution in [0, 0.1) is 0 Å². The maximum Gasteiger partial charge on any atom is 0.253 e. The highest BCUT2D eigenvalue weighted by molar-refractivity contribution is 5.94. The number of β-amino-alcohol motifs (C(OH)–C–C–N with tert-alkyl or cyclic N) is 1. The zero-order valence-electron chi connectivity index (χ0n) is 14.1. The highest BCUT2D eigenvalue weighted by atomic mass is 16.3. The van der Waals surface area contributed by atoms with Crippen molar-refractivity contribution < 1.29 is 9.90 Å². The summed E-state index contributed by atoms with van der Waals surface area (Å²) in [5, 5.41) is 18.3. The van der Waals surface area contributed by atoms with Crippen LogP contribution in [0.2, 0.25) is 0 Å². The molecule has 3 rings (SSSR count). The second-order valence-electron chi connectivity index (χ2n) is 6.74. The first kappa shape index (κ1) is 16.6. The number of carbonyl (C=O) groups is 1. The summed E-state index contributed by atoms with van der Waals surface area (Å²) in [6, 6.07) is 7.67. The van der Waals surface area contributed by atoms with Crippen LogP contribution in [0.4, 0.5) is 0 Å². The minimum absolute atomic E-state index is 0.0408. The van der Waals surface area contributed by atoms with Gasteiger partial charge in [0.25, 0.3) is 5.91 Å².